The number of amides is 1. The second-order valence-electron chi connectivity index (χ2n) is 6.59. The molecule has 0 aliphatic carbocycles. The molecule has 0 radical (unpaired) electrons. The van der Waals surface area contributed by atoms with Crippen molar-refractivity contribution in [2.75, 3.05) is 0 Å². The predicted molar refractivity (Wildman–Crippen MR) is 111 cm³/mol. The van der Waals surface area contributed by atoms with Crippen LogP contribution in [0.3, 0.4) is 0 Å². The van der Waals surface area contributed by atoms with Crippen molar-refractivity contribution in [2.24, 2.45) is 5.10 Å². The number of benzene rings is 2. The molecule has 3 aromatic rings. The zero-order chi connectivity index (χ0) is 19.4. The Bertz CT molecular complexity index is 970. The highest BCUT2D eigenvalue weighted by Gasteiger charge is 2.09. The Morgan fingerprint density at radius 2 is 1.74 bits per heavy atom. The molecule has 1 N–H and O–H groups in total. The van der Waals surface area contributed by atoms with Crippen LogP contribution in [0.2, 0.25) is 5.02 Å². The van der Waals surface area contributed by atoms with Gasteiger partial charge in [0.25, 0.3) is 0 Å². The number of hydrogen-bond acceptors (Lipinski definition) is 2. The van der Waals surface area contributed by atoms with Crippen molar-refractivity contribution in [1.29, 1.82) is 0 Å². The molecule has 0 bridgehead atoms. The molecule has 5 heteroatoms. The van der Waals surface area contributed by atoms with Crippen LogP contribution in [0, 0.1) is 20.8 Å². The Morgan fingerprint density at radius 1 is 1.07 bits per heavy atom. The van der Waals surface area contributed by atoms with Crippen molar-refractivity contribution >= 4 is 23.7 Å². The first-order valence-corrected chi connectivity index (χ1v) is 9.14. The first kappa shape index (κ1) is 18.9. The Kier molecular flexibility index (Phi) is 5.77. The summed E-state index contributed by atoms with van der Waals surface area (Å²) in [6.45, 7) is 6.18. The number of aryl methyl sites for hydroxylation is 2. The minimum atomic E-state index is -0.166. The van der Waals surface area contributed by atoms with Crippen LogP contribution in [0.15, 0.2) is 59.7 Å². The molecule has 4 nitrogen and oxygen atoms in total. The van der Waals surface area contributed by atoms with Gasteiger partial charge in [0.05, 0.1) is 12.6 Å². The van der Waals surface area contributed by atoms with E-state index < -0.39 is 0 Å². The minimum absolute atomic E-state index is 0.166. The number of aromatic nitrogens is 1. The first-order valence-electron chi connectivity index (χ1n) is 8.76. The summed E-state index contributed by atoms with van der Waals surface area (Å²) in [7, 11) is 0. The van der Waals surface area contributed by atoms with Gasteiger partial charge in [0.2, 0.25) is 5.91 Å². The Morgan fingerprint density at radius 3 is 2.41 bits per heavy atom. The van der Waals surface area contributed by atoms with Crippen molar-refractivity contribution in [2.45, 2.75) is 27.2 Å². The third-order valence-electron chi connectivity index (χ3n) is 4.43. The SMILES string of the molecule is Cc1ccc(-n2c(C)cc(/C=N\NC(=O)Cc3ccc(Cl)cc3)c2C)cc1. The molecule has 0 saturated heterocycles. The fourth-order valence-electron chi connectivity index (χ4n) is 3.01. The van der Waals surface area contributed by atoms with Gasteiger partial charge in [-0.2, -0.15) is 5.10 Å². The van der Waals surface area contributed by atoms with E-state index in [1.165, 1.54) is 5.56 Å². The maximum absolute atomic E-state index is 12.0. The number of hydrogen-bond donors (Lipinski definition) is 1. The van der Waals surface area contributed by atoms with Crippen molar-refractivity contribution in [1.82, 2.24) is 9.99 Å². The van der Waals surface area contributed by atoms with Crippen molar-refractivity contribution in [3.05, 3.63) is 87.7 Å². The standard InChI is InChI=1S/C22H22ClN3O/c1-15-4-10-21(11-5-15)26-16(2)12-19(17(26)3)14-24-25-22(27)13-18-6-8-20(23)9-7-18/h4-12,14H,13H2,1-3H3,(H,25,27)/b24-14-. The Balaban J connectivity index is 1.68. The fraction of sp³-hybridized carbons (Fsp3) is 0.182. The Hall–Kier alpha value is -2.85. The van der Waals surface area contributed by atoms with Crippen LogP contribution in [0.1, 0.15) is 28.1 Å². The van der Waals surface area contributed by atoms with Crippen molar-refractivity contribution in [3.63, 3.8) is 0 Å². The second kappa shape index (κ2) is 8.23. The molecule has 1 heterocycles. The summed E-state index contributed by atoms with van der Waals surface area (Å²) < 4.78 is 2.18. The molecule has 1 aromatic heterocycles. The monoisotopic (exact) mass is 379 g/mol. The number of carbonyl (C=O) groups excluding carboxylic acids is 1. The van der Waals surface area contributed by atoms with Gasteiger partial charge in [-0.05, 0) is 56.7 Å². The zero-order valence-corrected chi connectivity index (χ0v) is 16.4. The number of carbonyl (C=O) groups is 1. The molecule has 3 rings (SSSR count). The lowest BCUT2D eigenvalue weighted by molar-refractivity contribution is -0.120. The lowest BCUT2D eigenvalue weighted by Gasteiger charge is -2.09. The Labute approximate surface area is 164 Å². The van der Waals surface area contributed by atoms with Crippen molar-refractivity contribution < 1.29 is 4.79 Å². The van der Waals surface area contributed by atoms with Crippen LogP contribution >= 0.6 is 11.6 Å². The fourth-order valence-corrected chi connectivity index (χ4v) is 3.14. The molecule has 0 spiro atoms. The molecule has 138 valence electrons. The molecule has 0 fully saturated rings. The summed E-state index contributed by atoms with van der Waals surface area (Å²) in [5, 5.41) is 4.77. The molecule has 0 aliphatic rings. The van der Waals surface area contributed by atoms with E-state index in [0.29, 0.717) is 5.02 Å². The first-order chi connectivity index (χ1) is 12.9. The quantitative estimate of drug-likeness (QED) is 0.504. The summed E-state index contributed by atoms with van der Waals surface area (Å²) in [6.07, 6.45) is 1.95. The summed E-state index contributed by atoms with van der Waals surface area (Å²) in [4.78, 5) is 12.0. The van der Waals surface area contributed by atoms with Gasteiger partial charge in [0, 0.05) is 27.7 Å². The topological polar surface area (TPSA) is 46.4 Å². The van der Waals surface area contributed by atoms with Gasteiger partial charge in [0.15, 0.2) is 0 Å². The van der Waals surface area contributed by atoms with E-state index in [1.54, 1.807) is 18.3 Å². The molecule has 0 aliphatic heterocycles. The van der Waals surface area contributed by atoms with E-state index in [9.17, 15) is 4.79 Å². The highest BCUT2D eigenvalue weighted by Crippen LogP contribution is 2.20. The van der Waals surface area contributed by atoms with Gasteiger partial charge < -0.3 is 4.57 Å². The van der Waals surface area contributed by atoms with Gasteiger partial charge in [-0.25, -0.2) is 5.43 Å². The van der Waals surface area contributed by atoms with Crippen molar-refractivity contribution in [3.8, 4) is 5.69 Å². The van der Waals surface area contributed by atoms with Gasteiger partial charge in [-0.1, -0.05) is 41.4 Å². The molecular formula is C22H22ClN3O. The van der Waals surface area contributed by atoms with Crippen LogP contribution in [-0.2, 0) is 11.2 Å². The van der Waals surface area contributed by atoms with E-state index in [4.69, 9.17) is 11.6 Å². The number of nitrogens with one attached hydrogen (secondary N) is 1. The largest absolute Gasteiger partial charge is 0.318 e. The molecule has 2 aromatic carbocycles. The van der Waals surface area contributed by atoms with Crippen LogP contribution < -0.4 is 5.43 Å². The average molecular weight is 380 g/mol. The van der Waals surface area contributed by atoms with Gasteiger partial charge in [-0.15, -0.1) is 0 Å². The number of nitrogens with zero attached hydrogens (tertiary/aromatic N) is 2. The molecule has 1 amide bonds. The lowest BCUT2D eigenvalue weighted by Crippen LogP contribution is -2.19. The summed E-state index contributed by atoms with van der Waals surface area (Å²) in [5.74, 6) is -0.166. The summed E-state index contributed by atoms with van der Waals surface area (Å²) >= 11 is 5.86. The maximum Gasteiger partial charge on any atom is 0.244 e. The lowest BCUT2D eigenvalue weighted by atomic mass is 10.1. The van der Waals surface area contributed by atoms with E-state index in [-0.39, 0.29) is 12.3 Å². The second-order valence-corrected chi connectivity index (χ2v) is 7.03. The van der Waals surface area contributed by atoms with Gasteiger partial charge in [0.1, 0.15) is 0 Å². The van der Waals surface area contributed by atoms with Crippen LogP contribution in [0.25, 0.3) is 5.69 Å². The van der Waals surface area contributed by atoms with Crippen LogP contribution in [0.4, 0.5) is 0 Å². The number of halogens is 1. The van der Waals surface area contributed by atoms with Crippen LogP contribution in [-0.4, -0.2) is 16.7 Å². The summed E-state index contributed by atoms with van der Waals surface area (Å²) in [5.41, 5.74) is 8.98. The highest BCUT2D eigenvalue weighted by atomic mass is 35.5. The normalized spacial score (nSPS) is 11.1. The average Bonchev–Trinajstić information content (AvgIpc) is 2.92. The highest BCUT2D eigenvalue weighted by molar-refractivity contribution is 6.30. The van der Waals surface area contributed by atoms with E-state index in [1.807, 2.05) is 19.1 Å². The third-order valence-corrected chi connectivity index (χ3v) is 4.69. The zero-order valence-electron chi connectivity index (χ0n) is 15.7. The number of hydrazone groups is 1. The minimum Gasteiger partial charge on any atom is -0.318 e. The predicted octanol–water partition coefficient (Wildman–Crippen LogP) is 4.75. The van der Waals surface area contributed by atoms with E-state index in [2.05, 4.69) is 59.3 Å². The summed E-state index contributed by atoms with van der Waals surface area (Å²) in [6, 6.07) is 17.7. The maximum atomic E-state index is 12.0. The van der Waals surface area contributed by atoms with E-state index in [0.717, 1.165) is 28.2 Å². The van der Waals surface area contributed by atoms with Crippen LogP contribution in [0.5, 0.6) is 0 Å². The molecular weight excluding hydrogens is 358 g/mol. The van der Waals surface area contributed by atoms with E-state index >= 15 is 0 Å². The van der Waals surface area contributed by atoms with Gasteiger partial charge >= 0.3 is 0 Å². The van der Waals surface area contributed by atoms with Gasteiger partial charge in [-0.3, -0.25) is 4.79 Å². The number of rotatable bonds is 5. The smallest absolute Gasteiger partial charge is 0.244 e. The molecule has 27 heavy (non-hydrogen) atoms. The molecule has 0 saturated carbocycles. The molecule has 0 atom stereocenters. The third kappa shape index (κ3) is 4.66. The molecule has 0 unspecified atom stereocenters.